The number of amides is 1. The molecule has 53 heavy (non-hydrogen) atoms. The number of morpholine rings is 1. The number of carbonyl (C=O) groups is 1. The summed E-state index contributed by atoms with van der Waals surface area (Å²) in [5.41, 5.74) is 3.24. The quantitative estimate of drug-likeness (QED) is 0.275. The predicted octanol–water partition coefficient (Wildman–Crippen LogP) is 7.29. The topological polar surface area (TPSA) is 88.2 Å². The second-order valence-electron chi connectivity index (χ2n) is 16.2. The van der Waals surface area contributed by atoms with Crippen molar-refractivity contribution in [2.75, 3.05) is 44.3 Å². The molecule has 0 unspecified atom stereocenters. The summed E-state index contributed by atoms with van der Waals surface area (Å²) in [5, 5.41) is 0.721. The number of ether oxygens (including phenoxy) is 2. The van der Waals surface area contributed by atoms with Gasteiger partial charge in [0.05, 0.1) is 23.8 Å². The van der Waals surface area contributed by atoms with E-state index in [0.717, 1.165) is 54.9 Å². The van der Waals surface area contributed by atoms with Crippen LogP contribution in [-0.4, -0.2) is 64.2 Å². The maximum atomic E-state index is 14.2. The third-order valence-corrected chi connectivity index (χ3v) is 14.4. The standard InChI is InChI=1S/C42H49ClFN3O5S/c1-28-6-4-17-42(26-46(18-19-52-42)23-30-7-3-9-34(44)20-30)37-13-10-32(37)24-47-25-41(16-5-8-31-21-33(43)11-14-36(31)41)27-51-39-15-12-35(22-38(39)47)53(49,50)45-40(48)29(28)2/h3-4,7,9,11-12,14-15,17,20-22,28-29,32,37H,5-6,8,10,13,16,18-19,23-27H2,1-2H3,(H,45,48)/b17-4+/t28-,29+,32-,37+,41-,42+/m0/s1. The molecule has 1 saturated heterocycles. The third-order valence-electron chi connectivity index (χ3n) is 12.8. The zero-order valence-corrected chi connectivity index (χ0v) is 32.1. The largest absolute Gasteiger partial charge is 0.490 e. The average Bonchev–Trinajstić information content (AvgIpc) is 3.26. The van der Waals surface area contributed by atoms with Crippen molar-refractivity contribution in [3.05, 3.63) is 100 Å². The van der Waals surface area contributed by atoms with E-state index in [2.05, 4.69) is 38.8 Å². The van der Waals surface area contributed by atoms with E-state index < -0.39 is 27.4 Å². The van der Waals surface area contributed by atoms with E-state index in [1.165, 1.54) is 17.2 Å². The number of allylic oxidation sites excluding steroid dienone is 1. The van der Waals surface area contributed by atoms with Gasteiger partial charge in [0.15, 0.2) is 0 Å². The van der Waals surface area contributed by atoms with Gasteiger partial charge in [0.25, 0.3) is 10.0 Å². The van der Waals surface area contributed by atoms with Crippen molar-refractivity contribution in [1.82, 2.24) is 9.62 Å². The Kier molecular flexibility index (Phi) is 9.88. The van der Waals surface area contributed by atoms with E-state index in [9.17, 15) is 17.6 Å². The smallest absolute Gasteiger partial charge is 0.264 e. The molecule has 3 heterocycles. The fraction of sp³-hybridized carbons (Fsp3) is 0.500. The lowest BCUT2D eigenvalue weighted by Gasteiger charge is -2.54. The molecule has 5 aliphatic rings. The van der Waals surface area contributed by atoms with Crippen LogP contribution in [0, 0.1) is 29.5 Å². The van der Waals surface area contributed by atoms with Crippen molar-refractivity contribution in [2.45, 2.75) is 74.8 Å². The van der Waals surface area contributed by atoms with Gasteiger partial charge in [0.2, 0.25) is 5.91 Å². The number of nitrogens with zero attached hydrogens (tertiary/aromatic N) is 2. The molecule has 11 heteroatoms. The van der Waals surface area contributed by atoms with Crippen LogP contribution < -0.4 is 14.4 Å². The molecule has 2 fully saturated rings. The number of aryl methyl sites for hydroxylation is 1. The van der Waals surface area contributed by atoms with Gasteiger partial charge in [-0.2, -0.15) is 0 Å². The molecule has 282 valence electrons. The van der Waals surface area contributed by atoms with Gasteiger partial charge in [-0.25, -0.2) is 17.5 Å². The van der Waals surface area contributed by atoms with E-state index in [-0.39, 0.29) is 33.9 Å². The predicted molar refractivity (Wildman–Crippen MR) is 204 cm³/mol. The molecule has 2 bridgehead atoms. The molecule has 6 atom stereocenters. The van der Waals surface area contributed by atoms with Gasteiger partial charge < -0.3 is 14.4 Å². The van der Waals surface area contributed by atoms with Gasteiger partial charge in [0, 0.05) is 49.1 Å². The highest BCUT2D eigenvalue weighted by atomic mass is 35.5. The number of nitrogens with one attached hydrogen (secondary N) is 1. The van der Waals surface area contributed by atoms with Crippen molar-refractivity contribution in [1.29, 1.82) is 0 Å². The number of rotatable bonds is 2. The summed E-state index contributed by atoms with van der Waals surface area (Å²) in [5.74, 6) is -0.332. The third kappa shape index (κ3) is 7.12. The number of hydrogen-bond donors (Lipinski definition) is 1. The molecular weight excluding hydrogens is 713 g/mol. The first-order valence-corrected chi connectivity index (χ1v) is 21.0. The minimum Gasteiger partial charge on any atom is -0.490 e. The number of halogens is 2. The van der Waals surface area contributed by atoms with Crippen LogP contribution in [0.4, 0.5) is 10.1 Å². The van der Waals surface area contributed by atoms with Crippen LogP contribution in [0.3, 0.4) is 0 Å². The Morgan fingerprint density at radius 1 is 1.06 bits per heavy atom. The minimum atomic E-state index is -4.15. The monoisotopic (exact) mass is 761 g/mol. The summed E-state index contributed by atoms with van der Waals surface area (Å²) in [6.45, 7) is 8.17. The number of carbonyl (C=O) groups excluding carboxylic acids is 1. The highest BCUT2D eigenvalue weighted by Gasteiger charge is 2.51. The molecule has 2 spiro atoms. The lowest BCUT2D eigenvalue weighted by Crippen LogP contribution is -2.60. The summed E-state index contributed by atoms with van der Waals surface area (Å²) in [6, 6.07) is 18.0. The van der Waals surface area contributed by atoms with Crippen LogP contribution in [-0.2, 0) is 37.9 Å². The summed E-state index contributed by atoms with van der Waals surface area (Å²) < 4.78 is 57.7. The van der Waals surface area contributed by atoms with Crippen LogP contribution >= 0.6 is 11.6 Å². The molecule has 3 aromatic rings. The molecular formula is C42H49ClFN3O5S. The number of sulfonamides is 1. The molecule has 2 aliphatic carbocycles. The summed E-state index contributed by atoms with van der Waals surface area (Å²) in [7, 11) is -4.15. The fourth-order valence-corrected chi connectivity index (χ4v) is 10.8. The summed E-state index contributed by atoms with van der Waals surface area (Å²) in [4.78, 5) is 18.2. The van der Waals surface area contributed by atoms with Crippen molar-refractivity contribution in [3.8, 4) is 5.75 Å². The zero-order valence-electron chi connectivity index (χ0n) is 30.5. The lowest BCUT2D eigenvalue weighted by atomic mass is 9.63. The van der Waals surface area contributed by atoms with Crippen LogP contribution in [0.2, 0.25) is 5.02 Å². The Morgan fingerprint density at radius 2 is 1.92 bits per heavy atom. The van der Waals surface area contributed by atoms with E-state index in [4.69, 9.17) is 21.1 Å². The van der Waals surface area contributed by atoms with Crippen LogP contribution in [0.1, 0.15) is 62.6 Å². The van der Waals surface area contributed by atoms with Crippen molar-refractivity contribution in [2.24, 2.45) is 23.7 Å². The SMILES string of the molecule is C[C@H]1C/C=C/[C@@]2(CN(Cc3cccc(F)c3)CCO2)[C@@H]2CC[C@H]2CN2C[C@@]3(CCCc4cc(Cl)ccc43)COc3ccc(cc32)S(=O)(=O)NC(=O)[C@@H]1C. The Balaban J connectivity index is 1.20. The van der Waals surface area contributed by atoms with Crippen LogP contribution in [0.5, 0.6) is 5.75 Å². The van der Waals surface area contributed by atoms with Gasteiger partial charge in [-0.3, -0.25) is 9.69 Å². The van der Waals surface area contributed by atoms with E-state index in [1.807, 2.05) is 19.1 Å². The maximum Gasteiger partial charge on any atom is 0.264 e. The fourth-order valence-electron chi connectivity index (χ4n) is 9.52. The van der Waals surface area contributed by atoms with Crippen molar-refractivity contribution in [3.63, 3.8) is 0 Å². The van der Waals surface area contributed by atoms with E-state index in [0.29, 0.717) is 51.6 Å². The molecule has 8 rings (SSSR count). The van der Waals surface area contributed by atoms with Gasteiger partial charge in [-0.1, -0.05) is 55.8 Å². The highest BCUT2D eigenvalue weighted by Crippen LogP contribution is 2.50. The Hall–Kier alpha value is -3.44. The molecule has 0 aromatic heterocycles. The van der Waals surface area contributed by atoms with Crippen LogP contribution in [0.15, 0.2) is 77.7 Å². The number of hydrogen-bond acceptors (Lipinski definition) is 7. The second-order valence-corrected chi connectivity index (χ2v) is 18.3. The number of fused-ring (bicyclic) bond motifs is 5. The lowest BCUT2D eigenvalue weighted by molar-refractivity contribution is -0.146. The minimum absolute atomic E-state index is 0.0436. The van der Waals surface area contributed by atoms with Gasteiger partial charge in [0.1, 0.15) is 17.2 Å². The molecule has 3 aromatic carbocycles. The van der Waals surface area contributed by atoms with Crippen molar-refractivity contribution >= 4 is 33.2 Å². The Labute approximate surface area is 317 Å². The molecule has 8 nitrogen and oxygen atoms in total. The highest BCUT2D eigenvalue weighted by molar-refractivity contribution is 7.90. The number of benzene rings is 3. The van der Waals surface area contributed by atoms with Gasteiger partial charge in [-0.05, 0) is 115 Å². The maximum absolute atomic E-state index is 14.2. The zero-order chi connectivity index (χ0) is 37.0. The molecule has 0 radical (unpaired) electrons. The van der Waals surface area contributed by atoms with E-state index >= 15 is 0 Å². The van der Waals surface area contributed by atoms with Crippen LogP contribution in [0.25, 0.3) is 0 Å². The first-order chi connectivity index (χ1) is 25.4. The summed E-state index contributed by atoms with van der Waals surface area (Å²) >= 11 is 6.49. The molecule has 3 aliphatic heterocycles. The first kappa shape index (κ1) is 36.5. The summed E-state index contributed by atoms with van der Waals surface area (Å²) in [6.07, 6.45) is 9.85. The molecule has 1 amide bonds. The second kappa shape index (κ2) is 14.3. The first-order valence-electron chi connectivity index (χ1n) is 19.1. The van der Waals surface area contributed by atoms with E-state index in [1.54, 1.807) is 37.3 Å². The average molecular weight is 762 g/mol. The van der Waals surface area contributed by atoms with Gasteiger partial charge in [-0.15, -0.1) is 0 Å². The van der Waals surface area contributed by atoms with Crippen molar-refractivity contribution < 1.29 is 27.1 Å². The van der Waals surface area contributed by atoms with Gasteiger partial charge >= 0.3 is 0 Å². The molecule has 1 N–H and O–H groups in total. The Morgan fingerprint density at radius 3 is 2.74 bits per heavy atom. The normalized spacial score (nSPS) is 32.1. The molecule has 1 saturated carbocycles. The Bertz CT molecular complexity index is 2030. The number of anilines is 1.